The molecule has 0 radical (unpaired) electrons. The Morgan fingerprint density at radius 3 is 2.47 bits per heavy atom. The molecule has 0 unspecified atom stereocenters. The number of aromatic nitrogens is 2. The smallest absolute Gasteiger partial charge is 0.420 e. The molecule has 7 nitrogen and oxygen atoms in total. The second-order valence-electron chi connectivity index (χ2n) is 9.14. The number of nitrogens with one attached hydrogen (secondary N) is 1. The van der Waals surface area contributed by atoms with Crippen LogP contribution in [0.15, 0.2) is 42.7 Å². The zero-order valence-corrected chi connectivity index (χ0v) is 19.6. The lowest BCUT2D eigenvalue weighted by molar-refractivity contribution is -0.117. The van der Waals surface area contributed by atoms with E-state index in [1.54, 1.807) is 11.8 Å². The second-order valence-corrected chi connectivity index (χ2v) is 9.58. The minimum Gasteiger partial charge on any atom is -0.443 e. The highest BCUT2D eigenvalue weighted by Gasteiger charge is 2.36. The summed E-state index contributed by atoms with van der Waals surface area (Å²) >= 11 is 6.05. The monoisotopic (exact) mass is 454 g/mol. The number of rotatable bonds is 2. The molecular weight excluding hydrogens is 428 g/mol. The molecule has 168 valence electrons. The lowest BCUT2D eigenvalue weighted by atomic mass is 9.90. The summed E-state index contributed by atoms with van der Waals surface area (Å²) in [6.45, 7) is 9.05. The molecule has 1 N–H and O–H groups in total. The molecule has 1 aliphatic heterocycles. The number of carbonyl (C=O) groups is 2. The van der Waals surface area contributed by atoms with E-state index < -0.39 is 11.7 Å². The van der Waals surface area contributed by atoms with Crippen molar-refractivity contribution in [1.29, 1.82) is 0 Å². The Balaban J connectivity index is 1.89. The molecule has 0 aliphatic carbocycles. The molecule has 3 aromatic rings. The Hall–Kier alpha value is -3.06. The van der Waals surface area contributed by atoms with E-state index in [0.717, 1.165) is 16.9 Å². The number of carbonyl (C=O) groups excluding carboxylic acids is 2. The molecule has 0 fully saturated rings. The van der Waals surface area contributed by atoms with Crippen LogP contribution in [0.5, 0.6) is 0 Å². The number of benzene rings is 2. The largest absolute Gasteiger partial charge is 0.443 e. The van der Waals surface area contributed by atoms with Gasteiger partial charge in [0.25, 0.3) is 0 Å². The van der Waals surface area contributed by atoms with Gasteiger partial charge in [-0.1, -0.05) is 11.6 Å². The van der Waals surface area contributed by atoms with Crippen molar-refractivity contribution in [3.63, 3.8) is 0 Å². The third kappa shape index (κ3) is 4.17. The number of anilines is 2. The highest BCUT2D eigenvalue weighted by Crippen LogP contribution is 2.43. The fourth-order valence-electron chi connectivity index (χ4n) is 4.28. The van der Waals surface area contributed by atoms with Gasteiger partial charge in [-0.3, -0.25) is 4.79 Å². The molecule has 2 aromatic carbocycles. The van der Waals surface area contributed by atoms with Crippen molar-refractivity contribution in [2.45, 2.75) is 58.7 Å². The van der Waals surface area contributed by atoms with Crippen LogP contribution in [-0.4, -0.2) is 33.2 Å². The molecule has 4 rings (SSSR count). The SMILES string of the molecule is CC(=O)N1c2ccc3ncn(C(=O)OC(C)(C)C)c3c2[C@H](Nc2ccc(Cl)cc2)C[C@@H]1C. The maximum atomic E-state index is 13.0. The Bertz CT molecular complexity index is 1180. The summed E-state index contributed by atoms with van der Waals surface area (Å²) in [5.74, 6) is -0.0497. The van der Waals surface area contributed by atoms with Crippen LogP contribution >= 0.6 is 11.6 Å². The van der Waals surface area contributed by atoms with Crippen molar-refractivity contribution in [3.05, 3.63) is 53.3 Å². The van der Waals surface area contributed by atoms with Gasteiger partial charge < -0.3 is 15.0 Å². The highest BCUT2D eigenvalue weighted by molar-refractivity contribution is 6.30. The fourth-order valence-corrected chi connectivity index (χ4v) is 4.41. The summed E-state index contributed by atoms with van der Waals surface area (Å²) in [7, 11) is 0. The molecule has 0 saturated heterocycles. The number of imidazole rings is 1. The van der Waals surface area contributed by atoms with Gasteiger partial charge in [-0.15, -0.1) is 0 Å². The summed E-state index contributed by atoms with van der Waals surface area (Å²) in [5, 5.41) is 4.21. The summed E-state index contributed by atoms with van der Waals surface area (Å²) < 4.78 is 7.05. The topological polar surface area (TPSA) is 76.5 Å². The highest BCUT2D eigenvalue weighted by atomic mass is 35.5. The average molecular weight is 455 g/mol. The number of hydrogen-bond acceptors (Lipinski definition) is 5. The molecule has 1 amide bonds. The number of nitrogens with zero attached hydrogens (tertiary/aromatic N) is 3. The fraction of sp³-hybridized carbons (Fsp3) is 0.375. The molecule has 1 aromatic heterocycles. The van der Waals surface area contributed by atoms with Gasteiger partial charge in [-0.2, -0.15) is 0 Å². The van der Waals surface area contributed by atoms with Gasteiger partial charge in [-0.25, -0.2) is 14.3 Å². The normalized spacial score (nSPS) is 18.4. The summed E-state index contributed by atoms with van der Waals surface area (Å²) in [5.41, 5.74) is 3.16. The van der Waals surface area contributed by atoms with E-state index in [-0.39, 0.29) is 18.0 Å². The quantitative estimate of drug-likeness (QED) is 0.531. The first-order chi connectivity index (χ1) is 15.0. The van der Waals surface area contributed by atoms with Crippen LogP contribution in [0.2, 0.25) is 5.02 Å². The van der Waals surface area contributed by atoms with Gasteiger partial charge in [0.1, 0.15) is 11.9 Å². The Kier molecular flexibility index (Phi) is 5.63. The van der Waals surface area contributed by atoms with Crippen molar-refractivity contribution in [2.24, 2.45) is 0 Å². The van der Waals surface area contributed by atoms with E-state index in [1.807, 2.05) is 64.1 Å². The molecule has 1 aliphatic rings. The van der Waals surface area contributed by atoms with Crippen LogP contribution in [0, 0.1) is 0 Å². The zero-order valence-electron chi connectivity index (χ0n) is 18.8. The third-order valence-corrected chi connectivity index (χ3v) is 5.72. The van der Waals surface area contributed by atoms with E-state index in [1.165, 1.54) is 10.9 Å². The van der Waals surface area contributed by atoms with E-state index in [9.17, 15) is 9.59 Å². The lowest BCUT2D eigenvalue weighted by Crippen LogP contribution is -2.43. The Morgan fingerprint density at radius 1 is 1.16 bits per heavy atom. The Morgan fingerprint density at radius 2 is 1.84 bits per heavy atom. The number of amides is 1. The van der Waals surface area contributed by atoms with Crippen molar-refractivity contribution < 1.29 is 14.3 Å². The standard InChI is InChI=1S/C24H27ClN4O3/c1-14-12-19(27-17-8-6-16(25)7-9-17)21-20(29(14)15(2)30)11-10-18-22(21)28(13-26-18)23(31)32-24(3,4)5/h6-11,13-14,19,27H,12H2,1-5H3/t14-,19+/m0/s1. The predicted octanol–water partition coefficient (Wildman–Crippen LogP) is 5.77. The number of halogens is 1. The lowest BCUT2D eigenvalue weighted by Gasteiger charge is -2.40. The average Bonchev–Trinajstić information content (AvgIpc) is 3.12. The molecule has 0 bridgehead atoms. The number of hydrogen-bond donors (Lipinski definition) is 1. The first kappa shape index (κ1) is 22.1. The summed E-state index contributed by atoms with van der Waals surface area (Å²) in [6.07, 6.45) is 1.63. The first-order valence-corrected chi connectivity index (χ1v) is 11.0. The molecule has 2 heterocycles. The first-order valence-electron chi connectivity index (χ1n) is 10.6. The molecule has 2 atom stereocenters. The molecule has 0 spiro atoms. The van der Waals surface area contributed by atoms with Crippen LogP contribution in [0.4, 0.5) is 16.2 Å². The maximum Gasteiger partial charge on any atom is 0.420 e. The number of ether oxygens (including phenoxy) is 1. The minimum absolute atomic E-state index is 0.0276. The van der Waals surface area contributed by atoms with Gasteiger partial charge in [-0.05, 0) is 70.5 Å². The van der Waals surface area contributed by atoms with Crippen molar-refractivity contribution >= 4 is 46.0 Å². The predicted molar refractivity (Wildman–Crippen MR) is 126 cm³/mol. The molecule has 0 saturated carbocycles. The van der Waals surface area contributed by atoms with Gasteiger partial charge in [0.05, 0.1) is 22.8 Å². The van der Waals surface area contributed by atoms with Crippen LogP contribution in [-0.2, 0) is 9.53 Å². The second kappa shape index (κ2) is 8.13. The van der Waals surface area contributed by atoms with Gasteiger partial charge in [0.2, 0.25) is 5.91 Å². The van der Waals surface area contributed by atoms with Crippen LogP contribution in [0.3, 0.4) is 0 Å². The zero-order chi connectivity index (χ0) is 23.2. The number of fused-ring (bicyclic) bond motifs is 3. The van der Waals surface area contributed by atoms with Crippen LogP contribution in [0.25, 0.3) is 11.0 Å². The Labute approximate surface area is 192 Å². The van der Waals surface area contributed by atoms with Crippen molar-refractivity contribution in [2.75, 3.05) is 10.2 Å². The minimum atomic E-state index is -0.649. The van der Waals surface area contributed by atoms with E-state index in [0.29, 0.717) is 22.5 Å². The van der Waals surface area contributed by atoms with Gasteiger partial charge in [0, 0.05) is 29.2 Å². The van der Waals surface area contributed by atoms with Crippen molar-refractivity contribution in [3.8, 4) is 0 Å². The summed E-state index contributed by atoms with van der Waals surface area (Å²) in [4.78, 5) is 31.7. The van der Waals surface area contributed by atoms with E-state index in [4.69, 9.17) is 16.3 Å². The van der Waals surface area contributed by atoms with Crippen LogP contribution < -0.4 is 10.2 Å². The van der Waals surface area contributed by atoms with Crippen LogP contribution in [0.1, 0.15) is 52.6 Å². The molecule has 32 heavy (non-hydrogen) atoms. The van der Waals surface area contributed by atoms with E-state index in [2.05, 4.69) is 10.3 Å². The molecule has 8 heteroatoms. The van der Waals surface area contributed by atoms with Crippen molar-refractivity contribution in [1.82, 2.24) is 9.55 Å². The van der Waals surface area contributed by atoms with Gasteiger partial charge in [0.15, 0.2) is 0 Å². The summed E-state index contributed by atoms with van der Waals surface area (Å²) in [6, 6.07) is 11.0. The maximum absolute atomic E-state index is 13.0. The third-order valence-electron chi connectivity index (χ3n) is 5.47. The van der Waals surface area contributed by atoms with Gasteiger partial charge >= 0.3 is 6.09 Å². The van der Waals surface area contributed by atoms with E-state index >= 15 is 0 Å². The molecular formula is C24H27ClN4O3.